The predicted molar refractivity (Wildman–Crippen MR) is 93.3 cm³/mol. The molecule has 128 valence electrons. The Bertz CT molecular complexity index is 592. The van der Waals surface area contributed by atoms with E-state index >= 15 is 0 Å². The van der Waals surface area contributed by atoms with Gasteiger partial charge >= 0.3 is 11.9 Å². The van der Waals surface area contributed by atoms with Gasteiger partial charge in [0.25, 0.3) is 0 Å². The number of para-hydroxylation sites is 1. The third-order valence-electron chi connectivity index (χ3n) is 3.08. The molecule has 0 heterocycles. The van der Waals surface area contributed by atoms with Crippen LogP contribution in [0.15, 0.2) is 60.7 Å². The topological polar surface area (TPSA) is 64.6 Å². The molecule has 0 aliphatic heterocycles. The van der Waals surface area contributed by atoms with E-state index in [-0.39, 0.29) is 19.0 Å². The van der Waals surface area contributed by atoms with Crippen LogP contribution in [0.1, 0.15) is 5.56 Å². The van der Waals surface area contributed by atoms with Crippen molar-refractivity contribution in [2.45, 2.75) is 12.5 Å². The summed E-state index contributed by atoms with van der Waals surface area (Å²) in [4.78, 5) is 23.7. The zero-order valence-corrected chi connectivity index (χ0v) is 14.1. The first-order valence-corrected chi connectivity index (χ1v) is 7.34. The van der Waals surface area contributed by atoms with Crippen LogP contribution in [0.4, 0.5) is 0 Å². The van der Waals surface area contributed by atoms with E-state index in [1.807, 2.05) is 48.5 Å². The van der Waals surface area contributed by atoms with Gasteiger partial charge in [-0.05, 0) is 24.7 Å². The maximum Gasteiger partial charge on any atom is 0.355 e. The Hall–Kier alpha value is -2.37. The summed E-state index contributed by atoms with van der Waals surface area (Å²) >= 11 is 0. The zero-order valence-electron chi connectivity index (χ0n) is 13.3. The van der Waals surface area contributed by atoms with Gasteiger partial charge in [0.15, 0.2) is 6.10 Å². The number of benzene rings is 2. The number of carbonyl (C=O) groups is 2. The number of rotatable bonds is 7. The molecule has 1 atom stereocenters. The molecular formula is C18H20ClNO4. The zero-order chi connectivity index (χ0) is 16.5. The molecule has 0 saturated heterocycles. The standard InChI is InChI=1S/C18H19NO4.ClH/c1-19-13-17(20)23-18(21)16(12-14-8-4-2-5-9-14)22-15-10-6-3-7-11-15;/h2-11,16,19H,12-13H2,1H3;1H. The average Bonchev–Trinajstić information content (AvgIpc) is 2.56. The molecule has 0 spiro atoms. The van der Waals surface area contributed by atoms with E-state index in [9.17, 15) is 9.59 Å². The molecule has 5 nitrogen and oxygen atoms in total. The molecule has 1 unspecified atom stereocenters. The Kier molecular flexibility index (Phi) is 8.54. The second-order valence-electron chi connectivity index (χ2n) is 4.93. The molecule has 1 N–H and O–H groups in total. The quantitative estimate of drug-likeness (QED) is 0.614. The van der Waals surface area contributed by atoms with Gasteiger partial charge in [-0.25, -0.2) is 4.79 Å². The molecule has 0 aliphatic rings. The van der Waals surface area contributed by atoms with Crippen LogP contribution in [0.25, 0.3) is 0 Å². The maximum atomic E-state index is 12.2. The van der Waals surface area contributed by atoms with Gasteiger partial charge in [-0.2, -0.15) is 0 Å². The number of likely N-dealkylation sites (N-methyl/N-ethyl adjacent to an activating group) is 1. The van der Waals surface area contributed by atoms with E-state index in [4.69, 9.17) is 9.47 Å². The first-order valence-electron chi connectivity index (χ1n) is 7.34. The van der Waals surface area contributed by atoms with Crippen LogP contribution in [0, 0.1) is 0 Å². The van der Waals surface area contributed by atoms with Crippen LogP contribution in [-0.4, -0.2) is 31.6 Å². The van der Waals surface area contributed by atoms with Gasteiger partial charge in [0, 0.05) is 6.42 Å². The van der Waals surface area contributed by atoms with Crippen LogP contribution < -0.4 is 10.1 Å². The molecule has 2 rings (SSSR count). The van der Waals surface area contributed by atoms with Crippen molar-refractivity contribution < 1.29 is 19.1 Å². The predicted octanol–water partition coefficient (Wildman–Crippen LogP) is 2.39. The largest absolute Gasteiger partial charge is 0.478 e. The highest BCUT2D eigenvalue weighted by atomic mass is 35.5. The van der Waals surface area contributed by atoms with Crippen LogP contribution in [-0.2, 0) is 20.7 Å². The monoisotopic (exact) mass is 349 g/mol. The summed E-state index contributed by atoms with van der Waals surface area (Å²) in [5.74, 6) is -0.781. The van der Waals surface area contributed by atoms with Crippen LogP contribution >= 0.6 is 12.4 Å². The Morgan fingerprint density at radius 2 is 1.58 bits per heavy atom. The molecule has 0 aromatic heterocycles. The summed E-state index contributed by atoms with van der Waals surface area (Å²) in [5.41, 5.74) is 0.923. The second-order valence-corrected chi connectivity index (χ2v) is 4.93. The minimum Gasteiger partial charge on any atom is -0.478 e. The van der Waals surface area contributed by atoms with Gasteiger partial charge in [0.05, 0.1) is 6.54 Å². The van der Waals surface area contributed by atoms with Crippen molar-refractivity contribution in [1.29, 1.82) is 0 Å². The molecule has 2 aromatic carbocycles. The number of esters is 2. The SMILES string of the molecule is CNCC(=O)OC(=O)C(Cc1ccccc1)Oc1ccccc1.Cl. The summed E-state index contributed by atoms with van der Waals surface area (Å²) in [5, 5.41) is 2.64. The average molecular weight is 350 g/mol. The van der Waals surface area contributed by atoms with Crippen LogP contribution in [0.3, 0.4) is 0 Å². The minimum absolute atomic E-state index is 0. The van der Waals surface area contributed by atoms with Gasteiger partial charge in [-0.3, -0.25) is 4.79 Å². The molecule has 0 radical (unpaired) electrons. The maximum absolute atomic E-state index is 12.2. The van der Waals surface area contributed by atoms with Crippen molar-refractivity contribution >= 4 is 24.3 Å². The molecule has 24 heavy (non-hydrogen) atoms. The smallest absolute Gasteiger partial charge is 0.355 e. The third-order valence-corrected chi connectivity index (χ3v) is 3.08. The van der Waals surface area contributed by atoms with Crippen LogP contribution in [0.2, 0.25) is 0 Å². The fourth-order valence-electron chi connectivity index (χ4n) is 2.02. The first kappa shape index (κ1) is 19.7. The molecule has 2 aromatic rings. The number of ether oxygens (including phenoxy) is 2. The summed E-state index contributed by atoms with van der Waals surface area (Å²) in [6.07, 6.45) is -0.567. The lowest BCUT2D eigenvalue weighted by Crippen LogP contribution is -2.35. The van der Waals surface area contributed by atoms with Gasteiger partial charge in [-0.1, -0.05) is 48.5 Å². The van der Waals surface area contributed by atoms with Gasteiger partial charge in [-0.15, -0.1) is 12.4 Å². The molecule has 0 fully saturated rings. The van der Waals surface area contributed by atoms with Crippen molar-refractivity contribution in [3.63, 3.8) is 0 Å². The molecule has 0 saturated carbocycles. The molecule has 0 aliphatic carbocycles. The summed E-state index contributed by atoms with van der Waals surface area (Å²) in [7, 11) is 1.60. The van der Waals surface area contributed by atoms with Crippen molar-refractivity contribution in [3.8, 4) is 5.75 Å². The van der Waals surface area contributed by atoms with E-state index < -0.39 is 18.0 Å². The summed E-state index contributed by atoms with van der Waals surface area (Å²) in [6, 6.07) is 18.4. The molecular weight excluding hydrogens is 330 g/mol. The fourth-order valence-corrected chi connectivity index (χ4v) is 2.02. The van der Waals surface area contributed by atoms with E-state index in [0.717, 1.165) is 5.56 Å². The van der Waals surface area contributed by atoms with Gasteiger partial charge < -0.3 is 14.8 Å². The lowest BCUT2D eigenvalue weighted by atomic mass is 10.1. The van der Waals surface area contributed by atoms with Crippen molar-refractivity contribution in [2.24, 2.45) is 0 Å². The van der Waals surface area contributed by atoms with Crippen molar-refractivity contribution in [2.75, 3.05) is 13.6 Å². The summed E-state index contributed by atoms with van der Waals surface area (Å²) < 4.78 is 10.5. The van der Waals surface area contributed by atoms with Gasteiger partial charge in [0.1, 0.15) is 5.75 Å². The third kappa shape index (κ3) is 6.40. The minimum atomic E-state index is -0.888. The van der Waals surface area contributed by atoms with Crippen molar-refractivity contribution in [1.82, 2.24) is 5.32 Å². The lowest BCUT2D eigenvalue weighted by Gasteiger charge is -2.17. The fraction of sp³-hybridized carbons (Fsp3) is 0.222. The lowest BCUT2D eigenvalue weighted by molar-refractivity contribution is -0.164. The Labute approximate surface area is 147 Å². The number of carbonyl (C=O) groups excluding carboxylic acids is 2. The summed E-state index contributed by atoms with van der Waals surface area (Å²) in [6.45, 7) is -0.0326. The second kappa shape index (κ2) is 10.4. The Morgan fingerprint density at radius 3 is 2.17 bits per heavy atom. The number of halogens is 1. The highest BCUT2D eigenvalue weighted by Crippen LogP contribution is 2.15. The Morgan fingerprint density at radius 1 is 1.00 bits per heavy atom. The Balaban J connectivity index is 0.00000288. The van der Waals surface area contributed by atoms with Crippen molar-refractivity contribution in [3.05, 3.63) is 66.2 Å². The number of hydrogen-bond acceptors (Lipinski definition) is 5. The van der Waals surface area contributed by atoms with E-state index in [0.29, 0.717) is 12.2 Å². The van der Waals surface area contributed by atoms with Crippen LogP contribution in [0.5, 0.6) is 5.75 Å². The van der Waals surface area contributed by atoms with E-state index in [1.54, 1.807) is 19.2 Å². The number of hydrogen-bond donors (Lipinski definition) is 1. The highest BCUT2D eigenvalue weighted by molar-refractivity contribution is 5.89. The van der Waals surface area contributed by atoms with Gasteiger partial charge in [0.2, 0.25) is 0 Å². The molecule has 0 bridgehead atoms. The first-order chi connectivity index (χ1) is 11.2. The van der Waals surface area contributed by atoms with E-state index in [2.05, 4.69) is 5.32 Å². The molecule has 6 heteroatoms. The van der Waals surface area contributed by atoms with E-state index in [1.165, 1.54) is 0 Å². The normalized spacial score (nSPS) is 11.0. The number of nitrogens with one attached hydrogen (secondary N) is 1. The highest BCUT2D eigenvalue weighted by Gasteiger charge is 2.25. The molecule has 0 amide bonds.